The van der Waals surface area contributed by atoms with Crippen LogP contribution < -0.4 is 0 Å². The Morgan fingerprint density at radius 2 is 0.757 bits per heavy atom. The number of fused-ring (bicyclic) bond motifs is 7. The number of hydrogen-bond donors (Lipinski definition) is 0. The standard InChI is InChI=1S/C32H22N4S/c1-19-20(2)32(36-27-17-9-5-13-23(27)24-14-6-10-18-28(24)36)30-29(33-37-34-30)31(19)35-25-15-7-3-11-21(25)22-12-4-8-16-26(22)35/h3-18H,1-2H3. The number of aromatic nitrogens is 4. The Balaban J connectivity index is 1.56. The molecule has 37 heavy (non-hydrogen) atoms. The smallest absolute Gasteiger partial charge is 0.131 e. The van der Waals surface area contributed by atoms with E-state index in [9.17, 15) is 0 Å². The van der Waals surface area contributed by atoms with Crippen molar-refractivity contribution in [2.45, 2.75) is 13.8 Å². The van der Waals surface area contributed by atoms with Gasteiger partial charge in [0.25, 0.3) is 0 Å². The Kier molecular flexibility index (Phi) is 4.20. The van der Waals surface area contributed by atoms with Crippen LogP contribution in [-0.4, -0.2) is 17.9 Å². The summed E-state index contributed by atoms with van der Waals surface area (Å²) in [5, 5.41) is 4.99. The van der Waals surface area contributed by atoms with Gasteiger partial charge in [-0.2, -0.15) is 8.75 Å². The van der Waals surface area contributed by atoms with Crippen LogP contribution in [-0.2, 0) is 0 Å². The molecular formula is C32H22N4S. The maximum atomic E-state index is 4.92. The van der Waals surface area contributed by atoms with Gasteiger partial charge in [-0.15, -0.1) is 0 Å². The lowest BCUT2D eigenvalue weighted by molar-refractivity contribution is 1.10. The molecule has 8 rings (SSSR count). The van der Waals surface area contributed by atoms with E-state index >= 15 is 0 Å². The minimum atomic E-state index is 0.941. The highest BCUT2D eigenvalue weighted by Gasteiger charge is 2.25. The molecule has 0 bridgehead atoms. The molecule has 0 amide bonds. The predicted octanol–water partition coefficient (Wildman–Crippen LogP) is 8.50. The molecule has 0 unspecified atom stereocenters. The van der Waals surface area contributed by atoms with E-state index in [1.807, 2.05) is 0 Å². The summed E-state index contributed by atoms with van der Waals surface area (Å²) in [5.41, 5.74) is 11.3. The van der Waals surface area contributed by atoms with Crippen LogP contribution in [0.5, 0.6) is 0 Å². The molecule has 5 heteroatoms. The van der Waals surface area contributed by atoms with Gasteiger partial charge < -0.3 is 9.13 Å². The van der Waals surface area contributed by atoms with Gasteiger partial charge >= 0.3 is 0 Å². The first-order valence-corrected chi connectivity index (χ1v) is 13.2. The lowest BCUT2D eigenvalue weighted by Crippen LogP contribution is -2.06. The van der Waals surface area contributed by atoms with E-state index in [1.165, 1.54) is 66.5 Å². The van der Waals surface area contributed by atoms with Crippen molar-refractivity contribution in [3.05, 3.63) is 108 Å². The molecule has 0 aliphatic heterocycles. The number of rotatable bonds is 2. The Hall–Kier alpha value is -4.48. The van der Waals surface area contributed by atoms with Crippen molar-refractivity contribution in [2.24, 2.45) is 0 Å². The Bertz CT molecular complexity index is 1920. The van der Waals surface area contributed by atoms with E-state index in [1.54, 1.807) is 0 Å². The van der Waals surface area contributed by atoms with Crippen LogP contribution in [0.4, 0.5) is 0 Å². The van der Waals surface area contributed by atoms with Gasteiger partial charge in [0.2, 0.25) is 0 Å². The van der Waals surface area contributed by atoms with Crippen LogP contribution in [0.2, 0.25) is 0 Å². The topological polar surface area (TPSA) is 35.6 Å². The first kappa shape index (κ1) is 20.7. The fourth-order valence-corrected chi connectivity index (χ4v) is 6.63. The highest BCUT2D eigenvalue weighted by Crippen LogP contribution is 2.41. The number of benzene rings is 5. The van der Waals surface area contributed by atoms with Gasteiger partial charge in [-0.3, -0.25) is 0 Å². The third-order valence-corrected chi connectivity index (χ3v) is 8.35. The van der Waals surface area contributed by atoms with Crippen molar-refractivity contribution in [3.63, 3.8) is 0 Å². The van der Waals surface area contributed by atoms with Gasteiger partial charge in [0.05, 0.1) is 45.2 Å². The fourth-order valence-electron chi connectivity index (χ4n) is 6.08. The van der Waals surface area contributed by atoms with E-state index in [4.69, 9.17) is 8.75 Å². The summed E-state index contributed by atoms with van der Waals surface area (Å²) in [7, 11) is 0. The second-order valence-electron chi connectivity index (χ2n) is 9.65. The quantitative estimate of drug-likeness (QED) is 0.241. The molecule has 0 radical (unpaired) electrons. The van der Waals surface area contributed by atoms with Crippen molar-refractivity contribution in [1.29, 1.82) is 0 Å². The zero-order valence-corrected chi connectivity index (χ0v) is 21.3. The molecule has 0 fully saturated rings. The normalized spacial score (nSPS) is 12.1. The zero-order chi connectivity index (χ0) is 24.7. The Labute approximate surface area is 217 Å². The summed E-state index contributed by atoms with van der Waals surface area (Å²) < 4.78 is 14.6. The van der Waals surface area contributed by atoms with Gasteiger partial charge in [-0.1, -0.05) is 72.8 Å². The minimum Gasteiger partial charge on any atom is -0.307 e. The highest BCUT2D eigenvalue weighted by molar-refractivity contribution is 7.00. The highest BCUT2D eigenvalue weighted by atomic mass is 32.1. The van der Waals surface area contributed by atoms with Gasteiger partial charge in [-0.05, 0) is 49.2 Å². The molecule has 0 aliphatic carbocycles. The van der Waals surface area contributed by atoms with Crippen molar-refractivity contribution >= 4 is 66.4 Å². The van der Waals surface area contributed by atoms with Gasteiger partial charge in [-0.25, -0.2) is 0 Å². The summed E-state index contributed by atoms with van der Waals surface area (Å²) in [4.78, 5) is 0. The van der Waals surface area contributed by atoms with Crippen LogP contribution in [0.25, 0.3) is 66.0 Å². The molecule has 0 atom stereocenters. The molecule has 5 aromatic carbocycles. The molecule has 0 aliphatic rings. The number of nitrogens with zero attached hydrogens (tertiary/aromatic N) is 4. The summed E-state index contributed by atoms with van der Waals surface area (Å²) in [5.74, 6) is 0. The average Bonchev–Trinajstić information content (AvgIpc) is 3.64. The monoisotopic (exact) mass is 494 g/mol. The van der Waals surface area contributed by atoms with Gasteiger partial charge in [0, 0.05) is 21.5 Å². The fraction of sp³-hybridized carbons (Fsp3) is 0.0625. The molecule has 0 saturated carbocycles. The van der Waals surface area contributed by atoms with E-state index in [0.717, 1.165) is 22.4 Å². The summed E-state index contributed by atoms with van der Waals surface area (Å²) in [6.07, 6.45) is 0. The Morgan fingerprint density at radius 3 is 1.08 bits per heavy atom. The largest absolute Gasteiger partial charge is 0.307 e. The third-order valence-electron chi connectivity index (χ3n) is 7.82. The van der Waals surface area contributed by atoms with E-state index < -0.39 is 0 Å². The molecular weight excluding hydrogens is 472 g/mol. The molecule has 3 heterocycles. The van der Waals surface area contributed by atoms with E-state index in [-0.39, 0.29) is 0 Å². The number of para-hydroxylation sites is 4. The average molecular weight is 495 g/mol. The molecule has 0 spiro atoms. The summed E-state index contributed by atoms with van der Waals surface area (Å²) in [6, 6.07) is 34.6. The zero-order valence-electron chi connectivity index (χ0n) is 20.4. The molecule has 3 aromatic heterocycles. The van der Waals surface area contributed by atoms with Crippen LogP contribution in [0.15, 0.2) is 97.1 Å². The first-order valence-electron chi connectivity index (χ1n) is 12.5. The van der Waals surface area contributed by atoms with Gasteiger partial charge in [0.1, 0.15) is 11.0 Å². The van der Waals surface area contributed by atoms with Crippen LogP contribution in [0, 0.1) is 13.8 Å². The lowest BCUT2D eigenvalue weighted by Gasteiger charge is -2.19. The Morgan fingerprint density at radius 1 is 0.459 bits per heavy atom. The molecule has 4 nitrogen and oxygen atoms in total. The summed E-state index contributed by atoms with van der Waals surface area (Å²) >= 11 is 1.29. The van der Waals surface area contributed by atoms with Gasteiger partial charge in [0.15, 0.2) is 0 Å². The first-order chi connectivity index (χ1) is 18.2. The number of hydrogen-bond acceptors (Lipinski definition) is 3. The summed E-state index contributed by atoms with van der Waals surface area (Å²) in [6.45, 7) is 4.45. The van der Waals surface area contributed by atoms with Crippen LogP contribution >= 0.6 is 11.7 Å². The van der Waals surface area contributed by atoms with Crippen molar-refractivity contribution in [2.75, 3.05) is 0 Å². The SMILES string of the molecule is Cc1c(C)c(-n2c3ccccc3c3ccccc32)c2nsnc2c1-n1c2ccccc2c2ccccc21. The second kappa shape index (κ2) is 7.51. The predicted molar refractivity (Wildman–Crippen MR) is 156 cm³/mol. The van der Waals surface area contributed by atoms with Crippen molar-refractivity contribution < 1.29 is 0 Å². The maximum absolute atomic E-state index is 4.92. The third kappa shape index (κ3) is 2.67. The van der Waals surface area contributed by atoms with Crippen molar-refractivity contribution in [3.8, 4) is 11.4 Å². The van der Waals surface area contributed by atoms with Crippen LogP contribution in [0.1, 0.15) is 11.1 Å². The minimum absolute atomic E-state index is 0.941. The lowest BCUT2D eigenvalue weighted by atomic mass is 10.0. The van der Waals surface area contributed by atoms with Crippen molar-refractivity contribution in [1.82, 2.24) is 17.9 Å². The second-order valence-corrected chi connectivity index (χ2v) is 10.2. The molecule has 0 N–H and O–H groups in total. The maximum Gasteiger partial charge on any atom is 0.131 e. The van der Waals surface area contributed by atoms with E-state index in [0.29, 0.717) is 0 Å². The van der Waals surface area contributed by atoms with Crippen LogP contribution in [0.3, 0.4) is 0 Å². The molecule has 176 valence electrons. The van der Waals surface area contributed by atoms with E-state index in [2.05, 4.69) is 120 Å². The molecule has 8 aromatic rings. The molecule has 0 saturated heterocycles.